The summed E-state index contributed by atoms with van der Waals surface area (Å²) < 4.78 is 12.7. The third-order valence-corrected chi connectivity index (χ3v) is 6.30. The molecule has 33 heavy (non-hydrogen) atoms. The van der Waals surface area contributed by atoms with Crippen molar-refractivity contribution in [3.05, 3.63) is 100 Å². The second-order valence-electron chi connectivity index (χ2n) is 7.59. The highest BCUT2D eigenvalue weighted by Gasteiger charge is 2.17. The van der Waals surface area contributed by atoms with E-state index in [0.29, 0.717) is 17.1 Å². The number of methoxy groups -OCH3 is 1. The molecule has 0 saturated heterocycles. The lowest BCUT2D eigenvalue weighted by Crippen LogP contribution is -2.02. The minimum Gasteiger partial charge on any atom is -0.497 e. The lowest BCUT2D eigenvalue weighted by Gasteiger charge is -2.11. The van der Waals surface area contributed by atoms with E-state index in [4.69, 9.17) is 9.15 Å². The average Bonchev–Trinajstić information content (AvgIpc) is 3.26. The molecule has 6 nitrogen and oxygen atoms in total. The van der Waals surface area contributed by atoms with Crippen LogP contribution in [-0.4, -0.2) is 21.9 Å². The van der Waals surface area contributed by atoms with E-state index >= 15 is 0 Å². The number of thioether (sulfide) groups is 1. The molecule has 0 bridgehead atoms. The van der Waals surface area contributed by atoms with Crippen molar-refractivity contribution in [2.24, 2.45) is 0 Å². The summed E-state index contributed by atoms with van der Waals surface area (Å²) in [6, 6.07) is 25.3. The SMILES string of the molecule is COc1ccc2c(CSc3nnc(-c4cccc(C)c4)n3-c3ccccc3)cc(=O)oc2c1. The Hall–Kier alpha value is -3.84. The molecule has 0 spiro atoms. The van der Waals surface area contributed by atoms with Gasteiger partial charge < -0.3 is 9.15 Å². The number of rotatable bonds is 6. The Balaban J connectivity index is 1.55. The second-order valence-corrected chi connectivity index (χ2v) is 8.53. The van der Waals surface area contributed by atoms with Crippen LogP contribution >= 0.6 is 11.8 Å². The van der Waals surface area contributed by atoms with Crippen LogP contribution in [0.25, 0.3) is 28.0 Å². The maximum Gasteiger partial charge on any atom is 0.336 e. The molecule has 164 valence electrons. The van der Waals surface area contributed by atoms with Gasteiger partial charge in [0.05, 0.1) is 7.11 Å². The lowest BCUT2D eigenvalue weighted by atomic mass is 10.1. The molecule has 0 fully saturated rings. The fourth-order valence-electron chi connectivity index (χ4n) is 3.74. The summed E-state index contributed by atoms with van der Waals surface area (Å²) in [5.41, 5.74) is 4.11. The zero-order valence-electron chi connectivity index (χ0n) is 18.2. The fourth-order valence-corrected chi connectivity index (χ4v) is 4.69. The van der Waals surface area contributed by atoms with Crippen molar-refractivity contribution in [2.75, 3.05) is 7.11 Å². The topological polar surface area (TPSA) is 70.2 Å². The van der Waals surface area contributed by atoms with Crippen molar-refractivity contribution in [3.8, 4) is 22.8 Å². The summed E-state index contributed by atoms with van der Waals surface area (Å²) in [6.45, 7) is 2.06. The molecule has 0 unspecified atom stereocenters. The molecule has 0 aliphatic heterocycles. The van der Waals surface area contributed by atoms with Gasteiger partial charge in [-0.05, 0) is 42.8 Å². The Morgan fingerprint density at radius 1 is 0.970 bits per heavy atom. The van der Waals surface area contributed by atoms with Crippen LogP contribution in [0.3, 0.4) is 0 Å². The molecular weight excluding hydrogens is 434 g/mol. The molecule has 0 N–H and O–H groups in total. The number of hydrogen-bond donors (Lipinski definition) is 0. The smallest absolute Gasteiger partial charge is 0.336 e. The lowest BCUT2D eigenvalue weighted by molar-refractivity contribution is 0.414. The molecule has 0 radical (unpaired) electrons. The monoisotopic (exact) mass is 455 g/mol. The van der Waals surface area contributed by atoms with Crippen molar-refractivity contribution >= 4 is 22.7 Å². The summed E-state index contributed by atoms with van der Waals surface area (Å²) >= 11 is 1.53. The van der Waals surface area contributed by atoms with Gasteiger partial charge in [-0.25, -0.2) is 4.79 Å². The number of benzene rings is 3. The number of aromatic nitrogens is 3. The first-order valence-electron chi connectivity index (χ1n) is 10.4. The minimum atomic E-state index is -0.392. The third-order valence-electron chi connectivity index (χ3n) is 5.32. The molecule has 3 aromatic carbocycles. The van der Waals surface area contributed by atoms with E-state index in [2.05, 4.69) is 33.8 Å². The van der Waals surface area contributed by atoms with E-state index in [1.54, 1.807) is 13.2 Å². The molecule has 2 heterocycles. The molecule has 5 aromatic rings. The quantitative estimate of drug-likeness (QED) is 0.243. The van der Waals surface area contributed by atoms with Gasteiger partial charge in [0.15, 0.2) is 11.0 Å². The highest BCUT2D eigenvalue weighted by Crippen LogP contribution is 2.32. The average molecular weight is 456 g/mol. The predicted molar refractivity (Wildman–Crippen MR) is 130 cm³/mol. The van der Waals surface area contributed by atoms with Crippen LogP contribution in [0.1, 0.15) is 11.1 Å². The Morgan fingerprint density at radius 2 is 1.82 bits per heavy atom. The van der Waals surface area contributed by atoms with Gasteiger partial charge in [-0.15, -0.1) is 10.2 Å². The molecule has 0 aliphatic carbocycles. The van der Waals surface area contributed by atoms with Crippen LogP contribution in [0.4, 0.5) is 0 Å². The minimum absolute atomic E-state index is 0.392. The largest absolute Gasteiger partial charge is 0.497 e. The van der Waals surface area contributed by atoms with Crippen LogP contribution < -0.4 is 10.4 Å². The summed E-state index contributed by atoms with van der Waals surface area (Å²) in [4.78, 5) is 12.2. The van der Waals surface area contributed by atoms with E-state index in [-0.39, 0.29) is 0 Å². The Bertz CT molecular complexity index is 1490. The van der Waals surface area contributed by atoms with E-state index in [9.17, 15) is 4.79 Å². The summed E-state index contributed by atoms with van der Waals surface area (Å²) in [5.74, 6) is 1.95. The number of fused-ring (bicyclic) bond motifs is 1. The van der Waals surface area contributed by atoms with Crippen LogP contribution in [0.5, 0.6) is 5.75 Å². The van der Waals surface area contributed by atoms with E-state index in [1.807, 2.05) is 54.6 Å². The van der Waals surface area contributed by atoms with Gasteiger partial charge >= 0.3 is 5.63 Å². The van der Waals surface area contributed by atoms with E-state index in [1.165, 1.54) is 17.8 Å². The Morgan fingerprint density at radius 3 is 2.61 bits per heavy atom. The first-order valence-corrected chi connectivity index (χ1v) is 11.4. The standard InChI is InChI=1S/C26H21N3O3S/c1-17-7-6-8-18(13-17)25-27-28-26(29(25)20-9-4-3-5-10-20)33-16-19-14-24(30)32-23-15-21(31-2)11-12-22(19)23/h3-15H,16H2,1-2H3. The maximum atomic E-state index is 12.2. The molecule has 5 rings (SSSR count). The number of aryl methyl sites for hydroxylation is 1. The van der Waals surface area contributed by atoms with Gasteiger partial charge in [0.1, 0.15) is 11.3 Å². The van der Waals surface area contributed by atoms with Crippen molar-refractivity contribution < 1.29 is 9.15 Å². The molecule has 0 aliphatic rings. The molecular formula is C26H21N3O3S. The van der Waals surface area contributed by atoms with Crippen LogP contribution in [0, 0.1) is 6.92 Å². The first kappa shape index (κ1) is 21.0. The fraction of sp³-hybridized carbons (Fsp3) is 0.115. The summed E-state index contributed by atoms with van der Waals surface area (Å²) in [5, 5.41) is 10.6. The van der Waals surface area contributed by atoms with Gasteiger partial charge in [0, 0.05) is 34.5 Å². The van der Waals surface area contributed by atoms with Crippen molar-refractivity contribution in [3.63, 3.8) is 0 Å². The zero-order chi connectivity index (χ0) is 22.8. The number of para-hydroxylation sites is 1. The van der Waals surface area contributed by atoms with E-state index in [0.717, 1.165) is 38.7 Å². The van der Waals surface area contributed by atoms with Crippen LogP contribution in [-0.2, 0) is 5.75 Å². The Labute approximate surface area is 194 Å². The molecule has 7 heteroatoms. The van der Waals surface area contributed by atoms with Gasteiger partial charge in [0.25, 0.3) is 0 Å². The van der Waals surface area contributed by atoms with Crippen molar-refractivity contribution in [1.29, 1.82) is 0 Å². The van der Waals surface area contributed by atoms with Crippen molar-refractivity contribution in [1.82, 2.24) is 14.8 Å². The normalized spacial score (nSPS) is 11.1. The second kappa shape index (κ2) is 8.96. The van der Waals surface area contributed by atoms with Crippen LogP contribution in [0.2, 0.25) is 0 Å². The van der Waals surface area contributed by atoms with Gasteiger partial charge in [-0.2, -0.15) is 0 Å². The molecule has 0 atom stereocenters. The number of nitrogens with zero attached hydrogens (tertiary/aromatic N) is 3. The third kappa shape index (κ3) is 4.27. The van der Waals surface area contributed by atoms with Crippen molar-refractivity contribution in [2.45, 2.75) is 17.8 Å². The van der Waals surface area contributed by atoms with Crippen LogP contribution in [0.15, 0.2) is 93.2 Å². The Kier molecular flexibility index (Phi) is 5.71. The summed E-state index contributed by atoms with van der Waals surface area (Å²) in [7, 11) is 1.58. The zero-order valence-corrected chi connectivity index (χ0v) is 19.0. The molecule has 0 saturated carbocycles. The predicted octanol–water partition coefficient (Wildman–Crippen LogP) is 5.65. The summed E-state index contributed by atoms with van der Waals surface area (Å²) in [6.07, 6.45) is 0. The maximum absolute atomic E-state index is 12.2. The molecule has 2 aromatic heterocycles. The highest BCUT2D eigenvalue weighted by atomic mass is 32.2. The molecule has 0 amide bonds. The number of ether oxygens (including phenoxy) is 1. The van der Waals surface area contributed by atoms with E-state index < -0.39 is 5.63 Å². The van der Waals surface area contributed by atoms with Gasteiger partial charge in [-0.1, -0.05) is 53.7 Å². The van der Waals surface area contributed by atoms with Gasteiger partial charge in [0.2, 0.25) is 0 Å². The number of hydrogen-bond acceptors (Lipinski definition) is 6. The first-order chi connectivity index (χ1) is 16.1. The highest BCUT2D eigenvalue weighted by molar-refractivity contribution is 7.98. The van der Waals surface area contributed by atoms with Gasteiger partial charge in [-0.3, -0.25) is 4.57 Å².